The molecule has 4 heteroatoms. The van der Waals surface area contributed by atoms with Crippen LogP contribution in [0.4, 0.5) is 0 Å². The summed E-state index contributed by atoms with van der Waals surface area (Å²) in [5.41, 5.74) is 0.943. The van der Waals surface area contributed by atoms with Gasteiger partial charge in [-0.2, -0.15) is 0 Å². The number of rotatable bonds is 0. The standard InChI is InChI=1S/C12H11ClOS2/c1-6-4-7-9(15-6)2-3-10-8(12(7)14)5-11(13)16-10/h4-5,8,10H,2-3H2,1H3. The number of fused-ring (bicyclic) bond motifs is 2. The first-order valence-corrected chi connectivity index (χ1v) is 7.40. The SMILES string of the molecule is Cc1cc2c(s1)CCC1SC(Cl)=CC1C2=O. The predicted octanol–water partition coefficient (Wildman–Crippen LogP) is 4.00. The van der Waals surface area contributed by atoms with Crippen molar-refractivity contribution in [1.82, 2.24) is 0 Å². The van der Waals surface area contributed by atoms with Gasteiger partial charge in [0.15, 0.2) is 5.78 Å². The van der Waals surface area contributed by atoms with Crippen molar-refractivity contribution >= 4 is 40.5 Å². The smallest absolute Gasteiger partial charge is 0.172 e. The molecule has 0 spiro atoms. The van der Waals surface area contributed by atoms with E-state index in [0.717, 1.165) is 22.8 Å². The van der Waals surface area contributed by atoms with Crippen LogP contribution in [0.15, 0.2) is 16.5 Å². The minimum atomic E-state index is 0.00718. The van der Waals surface area contributed by atoms with E-state index in [9.17, 15) is 4.79 Å². The molecule has 1 aliphatic heterocycles. The van der Waals surface area contributed by atoms with Crippen LogP contribution in [0.3, 0.4) is 0 Å². The number of halogens is 1. The number of thiophene rings is 1. The number of ketones is 1. The van der Waals surface area contributed by atoms with Crippen molar-refractivity contribution in [2.75, 3.05) is 0 Å². The Kier molecular flexibility index (Phi) is 2.65. The Hall–Kier alpha value is -0.250. The molecule has 0 aromatic carbocycles. The van der Waals surface area contributed by atoms with Crippen LogP contribution in [-0.2, 0) is 6.42 Å². The van der Waals surface area contributed by atoms with E-state index >= 15 is 0 Å². The Morgan fingerprint density at radius 2 is 2.31 bits per heavy atom. The van der Waals surface area contributed by atoms with Crippen molar-refractivity contribution in [2.45, 2.75) is 25.0 Å². The van der Waals surface area contributed by atoms with Crippen LogP contribution in [0.25, 0.3) is 0 Å². The number of hydrogen-bond donors (Lipinski definition) is 0. The summed E-state index contributed by atoms with van der Waals surface area (Å²) in [5, 5.41) is 0.361. The number of thioether (sulfide) groups is 1. The third-order valence-electron chi connectivity index (χ3n) is 3.13. The van der Waals surface area contributed by atoms with Crippen molar-refractivity contribution in [3.8, 4) is 0 Å². The Bertz CT molecular complexity index is 489. The van der Waals surface area contributed by atoms with Gasteiger partial charge in [0.25, 0.3) is 0 Å². The Morgan fingerprint density at radius 3 is 3.12 bits per heavy atom. The molecule has 16 heavy (non-hydrogen) atoms. The number of carbonyl (C=O) groups excluding carboxylic acids is 1. The van der Waals surface area contributed by atoms with Gasteiger partial charge in [0.1, 0.15) is 0 Å². The average Bonchev–Trinajstić information content (AvgIpc) is 2.75. The zero-order valence-electron chi connectivity index (χ0n) is 8.83. The lowest BCUT2D eigenvalue weighted by atomic mass is 9.97. The fourth-order valence-electron chi connectivity index (χ4n) is 2.40. The second-order valence-electron chi connectivity index (χ2n) is 4.25. The van der Waals surface area contributed by atoms with Crippen molar-refractivity contribution in [3.05, 3.63) is 31.8 Å². The number of hydrogen-bond acceptors (Lipinski definition) is 3. The molecule has 0 saturated carbocycles. The fourth-order valence-corrected chi connectivity index (χ4v) is 5.03. The van der Waals surface area contributed by atoms with E-state index in [1.165, 1.54) is 9.75 Å². The van der Waals surface area contributed by atoms with E-state index in [2.05, 4.69) is 6.92 Å². The molecule has 2 heterocycles. The summed E-state index contributed by atoms with van der Waals surface area (Å²) in [7, 11) is 0. The Labute approximate surface area is 108 Å². The van der Waals surface area contributed by atoms with E-state index in [1.54, 1.807) is 23.1 Å². The van der Waals surface area contributed by atoms with Gasteiger partial charge in [-0.1, -0.05) is 11.6 Å². The highest BCUT2D eigenvalue weighted by Crippen LogP contribution is 2.45. The van der Waals surface area contributed by atoms with Gasteiger partial charge in [-0.15, -0.1) is 23.1 Å². The average molecular weight is 271 g/mol. The molecular formula is C12H11ClOS2. The van der Waals surface area contributed by atoms with Gasteiger partial charge < -0.3 is 0 Å². The number of carbonyl (C=O) groups is 1. The summed E-state index contributed by atoms with van der Waals surface area (Å²) >= 11 is 9.43. The second-order valence-corrected chi connectivity index (χ2v) is 7.50. The molecule has 0 amide bonds. The molecule has 0 radical (unpaired) electrons. The van der Waals surface area contributed by atoms with Crippen molar-refractivity contribution in [1.29, 1.82) is 0 Å². The zero-order chi connectivity index (χ0) is 11.3. The predicted molar refractivity (Wildman–Crippen MR) is 70.5 cm³/mol. The lowest BCUT2D eigenvalue weighted by molar-refractivity contribution is 0.0947. The lowest BCUT2D eigenvalue weighted by Gasteiger charge is -2.12. The highest BCUT2D eigenvalue weighted by molar-refractivity contribution is 8.05. The summed E-state index contributed by atoms with van der Waals surface area (Å²) in [6.07, 6.45) is 4.01. The van der Waals surface area contributed by atoms with Crippen LogP contribution in [0, 0.1) is 12.8 Å². The van der Waals surface area contributed by atoms with Crippen molar-refractivity contribution in [2.24, 2.45) is 5.92 Å². The molecular weight excluding hydrogens is 260 g/mol. The van der Waals surface area contributed by atoms with Gasteiger partial charge in [-0.05, 0) is 31.9 Å². The lowest BCUT2D eigenvalue weighted by Crippen LogP contribution is -2.19. The van der Waals surface area contributed by atoms with Gasteiger partial charge in [0, 0.05) is 20.6 Å². The van der Waals surface area contributed by atoms with E-state index in [1.807, 2.05) is 12.1 Å². The molecule has 1 aliphatic carbocycles. The summed E-state index contributed by atoms with van der Waals surface area (Å²) in [5.74, 6) is 0.276. The van der Waals surface area contributed by atoms with Gasteiger partial charge >= 0.3 is 0 Å². The normalized spacial score (nSPS) is 28.4. The van der Waals surface area contributed by atoms with Gasteiger partial charge in [0.05, 0.1) is 10.3 Å². The first-order valence-electron chi connectivity index (χ1n) is 5.32. The molecule has 1 aromatic heterocycles. The molecule has 2 atom stereocenters. The third kappa shape index (κ3) is 1.66. The monoisotopic (exact) mass is 270 g/mol. The molecule has 1 aromatic rings. The van der Waals surface area contributed by atoms with Crippen molar-refractivity contribution < 1.29 is 4.79 Å². The summed E-state index contributed by atoms with van der Waals surface area (Å²) in [4.78, 5) is 14.9. The maximum atomic E-state index is 12.4. The summed E-state index contributed by atoms with van der Waals surface area (Å²) in [6, 6.07) is 2.04. The first kappa shape index (κ1) is 10.9. The van der Waals surface area contributed by atoms with Gasteiger partial charge in [-0.25, -0.2) is 0 Å². The van der Waals surface area contributed by atoms with Crippen LogP contribution in [-0.4, -0.2) is 11.0 Å². The second kappa shape index (κ2) is 3.90. The summed E-state index contributed by atoms with van der Waals surface area (Å²) < 4.78 is 0.791. The minimum absolute atomic E-state index is 0.00718. The molecule has 0 bridgehead atoms. The number of Topliss-reactive ketones (excluding diaryl/α,β-unsaturated/α-hetero) is 1. The molecule has 3 rings (SSSR count). The number of allylic oxidation sites excluding steroid dienone is 1. The van der Waals surface area contributed by atoms with Crippen LogP contribution >= 0.6 is 34.7 Å². The summed E-state index contributed by atoms with van der Waals surface area (Å²) in [6.45, 7) is 2.07. The van der Waals surface area contributed by atoms with Gasteiger partial charge in [-0.3, -0.25) is 4.79 Å². The fraction of sp³-hybridized carbons (Fsp3) is 0.417. The molecule has 0 N–H and O–H groups in total. The van der Waals surface area contributed by atoms with E-state index in [0.29, 0.717) is 5.25 Å². The molecule has 0 saturated heterocycles. The van der Waals surface area contributed by atoms with E-state index in [4.69, 9.17) is 11.6 Å². The van der Waals surface area contributed by atoms with E-state index < -0.39 is 0 Å². The maximum Gasteiger partial charge on any atom is 0.172 e. The molecule has 1 nitrogen and oxygen atoms in total. The van der Waals surface area contributed by atoms with Crippen LogP contribution in [0.2, 0.25) is 0 Å². The van der Waals surface area contributed by atoms with Gasteiger partial charge in [0.2, 0.25) is 0 Å². The topological polar surface area (TPSA) is 17.1 Å². The van der Waals surface area contributed by atoms with Crippen LogP contribution < -0.4 is 0 Å². The molecule has 2 aliphatic rings. The van der Waals surface area contributed by atoms with Crippen LogP contribution in [0.5, 0.6) is 0 Å². The third-order valence-corrected chi connectivity index (χ3v) is 5.83. The first-order chi connectivity index (χ1) is 7.65. The highest BCUT2D eigenvalue weighted by atomic mass is 35.5. The van der Waals surface area contributed by atoms with Crippen LogP contribution in [0.1, 0.15) is 26.5 Å². The number of aryl methyl sites for hydroxylation is 2. The minimum Gasteiger partial charge on any atom is -0.293 e. The van der Waals surface area contributed by atoms with Crippen molar-refractivity contribution in [3.63, 3.8) is 0 Å². The highest BCUT2D eigenvalue weighted by Gasteiger charge is 2.37. The van der Waals surface area contributed by atoms with E-state index in [-0.39, 0.29) is 11.7 Å². The maximum absolute atomic E-state index is 12.4. The zero-order valence-corrected chi connectivity index (χ0v) is 11.2. The Morgan fingerprint density at radius 1 is 1.50 bits per heavy atom. The molecule has 0 fully saturated rings. The quantitative estimate of drug-likeness (QED) is 0.709. The molecule has 84 valence electrons. The molecule has 2 unspecified atom stereocenters. The Balaban J connectivity index is 2.04. The largest absolute Gasteiger partial charge is 0.293 e.